The highest BCUT2D eigenvalue weighted by Gasteiger charge is 2.47. The number of carboxylic acids is 1. The third-order valence-corrected chi connectivity index (χ3v) is 5.64. The summed E-state index contributed by atoms with van der Waals surface area (Å²) in [4.78, 5) is 43.0. The standard InChI is InChI=1S/C23H16N2O7/c26-14-4-5-15(27)18-17(14)20(28)19-22(21(18)29)32-16-6-3-11(23(30)31)8-12(16)10-25(19)13-2-1-7-24-9-13/h1-9,15,18,27-28H,10H2,(H,30,31). The molecule has 1 aromatic carbocycles. The molecule has 5 rings (SSSR count). The van der Waals surface area contributed by atoms with Gasteiger partial charge in [0.25, 0.3) is 0 Å². The van der Waals surface area contributed by atoms with Crippen molar-refractivity contribution in [2.24, 2.45) is 5.92 Å². The Morgan fingerprint density at radius 1 is 1.22 bits per heavy atom. The summed E-state index contributed by atoms with van der Waals surface area (Å²) in [6.07, 6.45) is 4.07. The first-order valence-electron chi connectivity index (χ1n) is 9.71. The van der Waals surface area contributed by atoms with Crippen molar-refractivity contribution in [3.8, 4) is 5.75 Å². The molecule has 1 aliphatic heterocycles. The molecule has 0 radical (unpaired) electrons. The van der Waals surface area contributed by atoms with Crippen molar-refractivity contribution in [1.29, 1.82) is 0 Å². The lowest BCUT2D eigenvalue weighted by Crippen LogP contribution is -2.42. The largest absolute Gasteiger partial charge is 0.505 e. The van der Waals surface area contributed by atoms with Crippen molar-refractivity contribution >= 4 is 23.2 Å². The van der Waals surface area contributed by atoms with Gasteiger partial charge in [-0.25, -0.2) is 4.79 Å². The number of ketones is 2. The molecule has 160 valence electrons. The Balaban J connectivity index is 1.76. The van der Waals surface area contributed by atoms with Crippen LogP contribution >= 0.6 is 0 Å². The van der Waals surface area contributed by atoms with E-state index in [2.05, 4.69) is 4.98 Å². The highest BCUT2D eigenvalue weighted by Crippen LogP contribution is 2.43. The molecule has 9 nitrogen and oxygen atoms in total. The van der Waals surface area contributed by atoms with Gasteiger partial charge in [0.05, 0.1) is 41.6 Å². The molecule has 0 saturated heterocycles. The number of carboxylic acid groups (broad SMARTS) is 1. The zero-order valence-corrected chi connectivity index (χ0v) is 16.4. The minimum absolute atomic E-state index is 0.0238. The van der Waals surface area contributed by atoms with Crippen LogP contribution in [0.5, 0.6) is 5.75 Å². The van der Waals surface area contributed by atoms with Gasteiger partial charge in [0.1, 0.15) is 11.4 Å². The van der Waals surface area contributed by atoms with Crippen LogP contribution in [0.15, 0.2) is 77.7 Å². The predicted molar refractivity (Wildman–Crippen MR) is 110 cm³/mol. The minimum atomic E-state index is -1.31. The van der Waals surface area contributed by atoms with Gasteiger partial charge in [-0.15, -0.1) is 0 Å². The van der Waals surface area contributed by atoms with E-state index in [0.717, 1.165) is 6.08 Å². The molecule has 3 N–H and O–H groups in total. The van der Waals surface area contributed by atoms with Crippen molar-refractivity contribution in [2.75, 3.05) is 4.90 Å². The van der Waals surface area contributed by atoms with Crippen LogP contribution in [0.3, 0.4) is 0 Å². The van der Waals surface area contributed by atoms with E-state index in [1.165, 1.54) is 35.4 Å². The number of nitrogens with zero attached hydrogens (tertiary/aromatic N) is 2. The molecule has 0 spiro atoms. The number of hydrogen-bond acceptors (Lipinski definition) is 8. The van der Waals surface area contributed by atoms with Crippen molar-refractivity contribution in [2.45, 2.75) is 12.6 Å². The second-order valence-electron chi connectivity index (χ2n) is 7.52. The summed E-state index contributed by atoms with van der Waals surface area (Å²) < 4.78 is 5.90. The van der Waals surface area contributed by atoms with Gasteiger partial charge >= 0.3 is 5.97 Å². The number of fused-ring (bicyclic) bond motifs is 2. The number of allylic oxidation sites excluding steroid dienone is 2. The fraction of sp³-hybridized carbons (Fsp3) is 0.130. The van der Waals surface area contributed by atoms with Crippen molar-refractivity contribution in [3.05, 3.63) is 88.8 Å². The number of ether oxygens (including phenoxy) is 1. The molecule has 3 aliphatic rings. The fourth-order valence-corrected chi connectivity index (χ4v) is 4.13. The quantitative estimate of drug-likeness (QED) is 0.650. The molecule has 0 bridgehead atoms. The minimum Gasteiger partial charge on any atom is -0.505 e. The first kappa shape index (κ1) is 19.7. The van der Waals surface area contributed by atoms with Gasteiger partial charge in [0.2, 0.25) is 5.78 Å². The molecule has 9 heteroatoms. The Labute approximate surface area is 181 Å². The van der Waals surface area contributed by atoms with Gasteiger partial charge in [0, 0.05) is 11.8 Å². The molecule has 2 atom stereocenters. The Kier molecular flexibility index (Phi) is 4.42. The molecule has 2 unspecified atom stereocenters. The maximum Gasteiger partial charge on any atom is 0.335 e. The highest BCUT2D eigenvalue weighted by molar-refractivity contribution is 6.15. The van der Waals surface area contributed by atoms with E-state index in [-0.39, 0.29) is 34.9 Å². The molecule has 32 heavy (non-hydrogen) atoms. The van der Waals surface area contributed by atoms with E-state index in [4.69, 9.17) is 4.74 Å². The normalized spacial score (nSPS) is 22.1. The van der Waals surface area contributed by atoms with E-state index in [1.807, 2.05) is 0 Å². The Hall–Kier alpha value is -4.24. The van der Waals surface area contributed by atoms with E-state index in [1.54, 1.807) is 18.3 Å². The van der Waals surface area contributed by atoms with Crippen molar-refractivity contribution < 1.29 is 34.4 Å². The summed E-state index contributed by atoms with van der Waals surface area (Å²) >= 11 is 0. The number of anilines is 1. The number of carbonyl (C=O) groups excluding carboxylic acids is 2. The van der Waals surface area contributed by atoms with Crippen molar-refractivity contribution in [3.63, 3.8) is 0 Å². The second-order valence-corrected chi connectivity index (χ2v) is 7.52. The number of aliphatic hydroxyl groups is 2. The maximum absolute atomic E-state index is 13.4. The van der Waals surface area contributed by atoms with E-state index in [0.29, 0.717) is 11.3 Å². The van der Waals surface area contributed by atoms with Crippen LogP contribution in [0.2, 0.25) is 0 Å². The molecule has 0 amide bonds. The van der Waals surface area contributed by atoms with Crippen LogP contribution in [0, 0.1) is 5.92 Å². The molecule has 1 aromatic heterocycles. The third kappa shape index (κ3) is 2.90. The summed E-state index contributed by atoms with van der Waals surface area (Å²) in [5.41, 5.74) is 0.698. The van der Waals surface area contributed by atoms with Gasteiger partial charge in [-0.1, -0.05) is 6.08 Å². The average molecular weight is 432 g/mol. The first-order chi connectivity index (χ1) is 15.4. The van der Waals surface area contributed by atoms with Gasteiger partial charge in [-0.2, -0.15) is 0 Å². The van der Waals surface area contributed by atoms with Crippen molar-refractivity contribution in [1.82, 2.24) is 4.98 Å². The molecule has 0 fully saturated rings. The smallest absolute Gasteiger partial charge is 0.335 e. The number of rotatable bonds is 2. The average Bonchev–Trinajstić information content (AvgIpc) is 2.96. The monoisotopic (exact) mass is 432 g/mol. The number of aliphatic hydroxyl groups excluding tert-OH is 2. The van der Waals surface area contributed by atoms with E-state index >= 15 is 0 Å². The predicted octanol–water partition coefficient (Wildman–Crippen LogP) is 1.90. The summed E-state index contributed by atoms with van der Waals surface area (Å²) in [6, 6.07) is 7.55. The zero-order chi connectivity index (χ0) is 22.6. The summed E-state index contributed by atoms with van der Waals surface area (Å²) in [6.45, 7) is 0.0306. The lowest BCUT2D eigenvalue weighted by Gasteiger charge is -2.34. The van der Waals surface area contributed by atoms with Crippen LogP contribution < -0.4 is 9.64 Å². The molecule has 2 aromatic rings. The number of aromatic carboxylic acids is 1. The van der Waals surface area contributed by atoms with Gasteiger partial charge in [-0.05, 0) is 36.4 Å². The summed E-state index contributed by atoms with van der Waals surface area (Å²) in [5, 5.41) is 30.9. The topological polar surface area (TPSA) is 137 Å². The Morgan fingerprint density at radius 2 is 2.03 bits per heavy atom. The maximum atomic E-state index is 13.4. The molecule has 0 saturated carbocycles. The van der Waals surface area contributed by atoms with Crippen LogP contribution in [0.25, 0.3) is 0 Å². The summed E-state index contributed by atoms with van der Waals surface area (Å²) in [5.74, 6) is -4.18. The van der Waals surface area contributed by atoms with Crippen LogP contribution in [-0.2, 0) is 16.1 Å². The number of carbonyl (C=O) groups is 3. The summed E-state index contributed by atoms with van der Waals surface area (Å²) in [7, 11) is 0. The number of aromatic nitrogens is 1. The van der Waals surface area contributed by atoms with Gasteiger partial charge < -0.3 is 25.0 Å². The number of benzene rings is 1. The lowest BCUT2D eigenvalue weighted by molar-refractivity contribution is -0.125. The number of hydrogen-bond donors (Lipinski definition) is 3. The van der Waals surface area contributed by atoms with E-state index < -0.39 is 35.3 Å². The SMILES string of the molecule is O=C1C=CC(O)C2C(=O)C3=C(C(O)=C12)N(c1cccnc1)Cc1cc(C(=O)O)ccc1O3. The Morgan fingerprint density at radius 3 is 2.75 bits per heavy atom. The highest BCUT2D eigenvalue weighted by atomic mass is 16.5. The lowest BCUT2D eigenvalue weighted by atomic mass is 9.77. The molecular weight excluding hydrogens is 416 g/mol. The first-order valence-corrected chi connectivity index (χ1v) is 9.71. The molecule has 2 heterocycles. The molecular formula is C23H16N2O7. The van der Waals surface area contributed by atoms with Crippen LogP contribution in [0.4, 0.5) is 5.69 Å². The van der Waals surface area contributed by atoms with Crippen LogP contribution in [0.1, 0.15) is 15.9 Å². The third-order valence-electron chi connectivity index (χ3n) is 5.64. The number of pyridine rings is 1. The van der Waals surface area contributed by atoms with Crippen LogP contribution in [-0.4, -0.2) is 43.9 Å². The van der Waals surface area contributed by atoms with Gasteiger partial charge in [-0.3, -0.25) is 14.6 Å². The number of Topliss-reactive ketones (excluding diaryl/α,β-unsaturated/α-hetero) is 1. The molecule has 2 aliphatic carbocycles. The zero-order valence-electron chi connectivity index (χ0n) is 16.4. The van der Waals surface area contributed by atoms with E-state index in [9.17, 15) is 29.7 Å². The van der Waals surface area contributed by atoms with Gasteiger partial charge in [0.15, 0.2) is 17.3 Å². The Bertz CT molecular complexity index is 1280. The fourth-order valence-electron chi connectivity index (χ4n) is 4.13. The second kappa shape index (κ2) is 7.17.